The summed E-state index contributed by atoms with van der Waals surface area (Å²) in [5.74, 6) is -1.77. The molecular formula is C17H19F2NO. The van der Waals surface area contributed by atoms with Crippen molar-refractivity contribution in [2.75, 3.05) is 13.2 Å². The second kappa shape index (κ2) is 6.33. The second-order valence-electron chi connectivity index (χ2n) is 5.40. The van der Waals surface area contributed by atoms with E-state index in [9.17, 15) is 13.9 Å². The molecule has 0 heterocycles. The predicted octanol–water partition coefficient (Wildman–Crippen LogP) is 2.70. The number of aliphatic hydroxyl groups excluding tert-OH is 1. The van der Waals surface area contributed by atoms with Crippen LogP contribution in [0.5, 0.6) is 0 Å². The van der Waals surface area contributed by atoms with Crippen LogP contribution in [0.1, 0.15) is 16.7 Å². The maximum atomic E-state index is 13.9. The molecule has 112 valence electrons. The first-order chi connectivity index (χ1) is 10.0. The normalized spacial score (nSPS) is 14.0. The number of aliphatic hydroxyl groups is 1. The Morgan fingerprint density at radius 1 is 1.14 bits per heavy atom. The molecule has 0 saturated carbocycles. The van der Waals surface area contributed by atoms with E-state index >= 15 is 0 Å². The zero-order chi connectivity index (χ0) is 15.5. The molecule has 1 unspecified atom stereocenters. The van der Waals surface area contributed by atoms with Crippen LogP contribution < -0.4 is 5.73 Å². The Bertz CT molecular complexity index is 624. The van der Waals surface area contributed by atoms with Crippen LogP contribution in [-0.2, 0) is 11.8 Å². The molecule has 0 aliphatic carbocycles. The van der Waals surface area contributed by atoms with Gasteiger partial charge in [0.05, 0.1) is 6.61 Å². The standard InChI is InChI=1S/C17H19F2NO/c1-12-4-2-6-14(8-12)17(10-20,11-21)9-13-5-3-7-15(18)16(13)19/h2-8,21H,9-11,20H2,1H3. The minimum atomic E-state index is -0.888. The van der Waals surface area contributed by atoms with Gasteiger partial charge in [0.1, 0.15) is 0 Å². The second-order valence-corrected chi connectivity index (χ2v) is 5.40. The molecule has 2 aromatic carbocycles. The van der Waals surface area contributed by atoms with Crippen LogP contribution in [-0.4, -0.2) is 18.3 Å². The summed E-state index contributed by atoms with van der Waals surface area (Å²) in [5.41, 5.74) is 7.12. The quantitative estimate of drug-likeness (QED) is 0.889. The molecule has 0 bridgehead atoms. The highest BCUT2D eigenvalue weighted by atomic mass is 19.2. The van der Waals surface area contributed by atoms with Crippen LogP contribution in [0.3, 0.4) is 0 Å². The van der Waals surface area contributed by atoms with E-state index in [4.69, 9.17) is 5.73 Å². The van der Waals surface area contributed by atoms with Crippen molar-refractivity contribution in [2.24, 2.45) is 5.73 Å². The van der Waals surface area contributed by atoms with Gasteiger partial charge in [-0.25, -0.2) is 8.78 Å². The van der Waals surface area contributed by atoms with Crippen LogP contribution in [0.25, 0.3) is 0 Å². The Balaban J connectivity index is 2.45. The lowest BCUT2D eigenvalue weighted by Crippen LogP contribution is -2.41. The van der Waals surface area contributed by atoms with E-state index in [2.05, 4.69) is 0 Å². The van der Waals surface area contributed by atoms with Gasteiger partial charge in [0.15, 0.2) is 11.6 Å². The van der Waals surface area contributed by atoms with E-state index in [0.717, 1.165) is 17.2 Å². The van der Waals surface area contributed by atoms with Crippen molar-refractivity contribution in [2.45, 2.75) is 18.8 Å². The fourth-order valence-electron chi connectivity index (χ4n) is 2.53. The van der Waals surface area contributed by atoms with Crippen molar-refractivity contribution >= 4 is 0 Å². The molecule has 0 aliphatic rings. The first-order valence-electron chi connectivity index (χ1n) is 6.83. The van der Waals surface area contributed by atoms with E-state index in [-0.39, 0.29) is 25.1 Å². The average molecular weight is 291 g/mol. The van der Waals surface area contributed by atoms with Crippen molar-refractivity contribution in [3.05, 3.63) is 70.8 Å². The van der Waals surface area contributed by atoms with Crippen molar-refractivity contribution in [1.29, 1.82) is 0 Å². The molecule has 1 atom stereocenters. The van der Waals surface area contributed by atoms with Gasteiger partial charge < -0.3 is 10.8 Å². The number of hydrogen-bond acceptors (Lipinski definition) is 2. The lowest BCUT2D eigenvalue weighted by molar-refractivity contribution is 0.195. The summed E-state index contributed by atoms with van der Waals surface area (Å²) in [6, 6.07) is 11.6. The topological polar surface area (TPSA) is 46.2 Å². The summed E-state index contributed by atoms with van der Waals surface area (Å²) >= 11 is 0. The average Bonchev–Trinajstić information content (AvgIpc) is 2.49. The van der Waals surface area contributed by atoms with Crippen LogP contribution in [0.2, 0.25) is 0 Å². The minimum absolute atomic E-state index is 0.142. The van der Waals surface area contributed by atoms with Gasteiger partial charge >= 0.3 is 0 Å². The van der Waals surface area contributed by atoms with E-state index in [0.29, 0.717) is 0 Å². The van der Waals surface area contributed by atoms with Crippen LogP contribution in [0.15, 0.2) is 42.5 Å². The van der Waals surface area contributed by atoms with Gasteiger partial charge in [-0.05, 0) is 30.5 Å². The molecule has 2 nitrogen and oxygen atoms in total. The Labute approximate surface area is 123 Å². The van der Waals surface area contributed by atoms with Crippen LogP contribution in [0, 0.1) is 18.6 Å². The summed E-state index contributed by atoms with van der Waals surface area (Å²) in [5, 5.41) is 9.85. The van der Waals surface area contributed by atoms with Gasteiger partial charge in [0.2, 0.25) is 0 Å². The highest BCUT2D eigenvalue weighted by Crippen LogP contribution is 2.29. The van der Waals surface area contributed by atoms with Crippen molar-refractivity contribution in [3.63, 3.8) is 0 Å². The molecule has 0 aliphatic heterocycles. The highest BCUT2D eigenvalue weighted by molar-refractivity contribution is 5.34. The third-order valence-electron chi connectivity index (χ3n) is 3.88. The maximum Gasteiger partial charge on any atom is 0.162 e. The number of nitrogens with two attached hydrogens (primary N) is 1. The van der Waals surface area contributed by atoms with Gasteiger partial charge in [-0.15, -0.1) is 0 Å². The Morgan fingerprint density at radius 2 is 1.86 bits per heavy atom. The van der Waals surface area contributed by atoms with Gasteiger partial charge in [-0.2, -0.15) is 0 Å². The molecule has 0 spiro atoms. The number of benzene rings is 2. The number of halogens is 2. The summed E-state index contributed by atoms with van der Waals surface area (Å²) < 4.78 is 27.3. The van der Waals surface area contributed by atoms with Crippen molar-refractivity contribution < 1.29 is 13.9 Å². The lowest BCUT2D eigenvalue weighted by atomic mass is 9.75. The van der Waals surface area contributed by atoms with E-state index in [1.165, 1.54) is 12.1 Å². The summed E-state index contributed by atoms with van der Waals surface area (Å²) in [6.45, 7) is 1.84. The first kappa shape index (κ1) is 15.6. The Hall–Kier alpha value is -1.78. The smallest absolute Gasteiger partial charge is 0.162 e. The van der Waals surface area contributed by atoms with E-state index in [1.54, 1.807) is 0 Å². The fraction of sp³-hybridized carbons (Fsp3) is 0.294. The molecule has 0 aromatic heterocycles. The Morgan fingerprint density at radius 3 is 2.48 bits per heavy atom. The van der Waals surface area contributed by atoms with Gasteiger partial charge in [0, 0.05) is 12.0 Å². The van der Waals surface area contributed by atoms with Crippen molar-refractivity contribution in [3.8, 4) is 0 Å². The minimum Gasteiger partial charge on any atom is -0.395 e. The van der Waals surface area contributed by atoms with Gasteiger partial charge in [-0.1, -0.05) is 42.0 Å². The third-order valence-corrected chi connectivity index (χ3v) is 3.88. The van der Waals surface area contributed by atoms with E-state index < -0.39 is 17.0 Å². The van der Waals surface area contributed by atoms with Gasteiger partial charge in [-0.3, -0.25) is 0 Å². The summed E-state index contributed by atoms with van der Waals surface area (Å²) in [4.78, 5) is 0. The summed E-state index contributed by atoms with van der Waals surface area (Å²) in [7, 11) is 0. The third kappa shape index (κ3) is 3.12. The monoisotopic (exact) mass is 291 g/mol. The molecule has 2 aromatic rings. The molecule has 0 fully saturated rings. The van der Waals surface area contributed by atoms with Crippen LogP contribution in [0.4, 0.5) is 8.78 Å². The molecule has 0 saturated heterocycles. The lowest BCUT2D eigenvalue weighted by Gasteiger charge is -2.31. The first-order valence-corrected chi connectivity index (χ1v) is 6.83. The SMILES string of the molecule is Cc1cccc(C(CN)(CO)Cc2cccc(F)c2F)c1. The molecule has 4 heteroatoms. The molecule has 3 N–H and O–H groups in total. The molecule has 0 amide bonds. The predicted molar refractivity (Wildman–Crippen MR) is 79.1 cm³/mol. The maximum absolute atomic E-state index is 13.9. The fourth-order valence-corrected chi connectivity index (χ4v) is 2.53. The number of rotatable bonds is 5. The molecule has 21 heavy (non-hydrogen) atoms. The molecule has 0 radical (unpaired) electrons. The van der Waals surface area contributed by atoms with Crippen molar-refractivity contribution in [1.82, 2.24) is 0 Å². The molecule has 2 rings (SSSR count). The van der Waals surface area contributed by atoms with Crippen LogP contribution >= 0.6 is 0 Å². The molecular weight excluding hydrogens is 272 g/mol. The van der Waals surface area contributed by atoms with Gasteiger partial charge in [0.25, 0.3) is 0 Å². The summed E-state index contributed by atoms with van der Waals surface area (Å²) in [6.07, 6.45) is 0.146. The largest absolute Gasteiger partial charge is 0.395 e. The Kier molecular flexibility index (Phi) is 4.70. The zero-order valence-electron chi connectivity index (χ0n) is 11.9. The zero-order valence-corrected chi connectivity index (χ0v) is 11.9. The number of hydrogen-bond donors (Lipinski definition) is 2. The van der Waals surface area contributed by atoms with E-state index in [1.807, 2.05) is 31.2 Å². The number of aryl methyl sites for hydroxylation is 1. The highest BCUT2D eigenvalue weighted by Gasteiger charge is 2.32.